The molecule has 0 radical (unpaired) electrons. The van der Waals surface area contributed by atoms with Crippen LogP contribution in [0.4, 0.5) is 5.82 Å². The van der Waals surface area contributed by atoms with Gasteiger partial charge in [0.1, 0.15) is 22.6 Å². The molecule has 1 unspecified atom stereocenters. The van der Waals surface area contributed by atoms with Crippen LogP contribution in [0, 0.1) is 0 Å². The number of carboxylic acid groups (broad SMARTS) is 1. The molecule has 7 nitrogen and oxygen atoms in total. The highest BCUT2D eigenvalue weighted by atomic mass is 32.1. The molecule has 162 valence electrons. The molecule has 0 saturated carbocycles. The van der Waals surface area contributed by atoms with Crippen molar-refractivity contribution >= 4 is 23.1 Å². The van der Waals surface area contributed by atoms with Crippen molar-refractivity contribution in [3.8, 4) is 33.5 Å². The number of aliphatic carboxylic acids is 1. The number of pyridine rings is 1. The van der Waals surface area contributed by atoms with E-state index in [0.29, 0.717) is 37.7 Å². The van der Waals surface area contributed by atoms with Crippen LogP contribution in [0.3, 0.4) is 0 Å². The van der Waals surface area contributed by atoms with Gasteiger partial charge in [-0.15, -0.1) is 11.3 Å². The quantitative estimate of drug-likeness (QED) is 0.543. The van der Waals surface area contributed by atoms with Gasteiger partial charge in [-0.25, -0.2) is 14.8 Å². The summed E-state index contributed by atoms with van der Waals surface area (Å²) in [7, 11) is 0. The first-order chi connectivity index (χ1) is 15.1. The Hall–Kier alpha value is -3.13. The van der Waals surface area contributed by atoms with Gasteiger partial charge in [-0.1, -0.05) is 6.07 Å². The molecule has 2 aromatic heterocycles. The van der Waals surface area contributed by atoms with Gasteiger partial charge < -0.3 is 19.5 Å². The predicted molar refractivity (Wildman–Crippen MR) is 121 cm³/mol. The van der Waals surface area contributed by atoms with Gasteiger partial charge >= 0.3 is 5.97 Å². The van der Waals surface area contributed by atoms with Crippen molar-refractivity contribution in [2.45, 2.75) is 32.7 Å². The minimum absolute atomic E-state index is 0.519. The van der Waals surface area contributed by atoms with E-state index in [9.17, 15) is 9.90 Å². The van der Waals surface area contributed by atoms with Crippen LogP contribution in [0.1, 0.15) is 26.7 Å². The third-order valence-corrected chi connectivity index (χ3v) is 6.01. The predicted octanol–water partition coefficient (Wildman–Crippen LogP) is 4.72. The molecule has 1 fully saturated rings. The van der Waals surface area contributed by atoms with E-state index in [1.807, 2.05) is 60.5 Å². The number of anilines is 1. The number of nitrogens with zero attached hydrogens (tertiary/aromatic N) is 3. The number of ether oxygens (including phenoxy) is 2. The average molecular weight is 440 g/mol. The smallest absolute Gasteiger partial charge is 0.326 e. The van der Waals surface area contributed by atoms with E-state index < -0.39 is 12.0 Å². The summed E-state index contributed by atoms with van der Waals surface area (Å²) in [4.78, 5) is 22.9. The Morgan fingerprint density at radius 2 is 1.94 bits per heavy atom. The van der Waals surface area contributed by atoms with Gasteiger partial charge in [0, 0.05) is 17.5 Å². The number of carboxylic acids is 1. The lowest BCUT2D eigenvalue weighted by molar-refractivity contribution is -0.138. The minimum Gasteiger partial charge on any atom is -0.490 e. The number of rotatable bonds is 8. The second kappa shape index (κ2) is 9.34. The van der Waals surface area contributed by atoms with E-state index >= 15 is 0 Å². The van der Waals surface area contributed by atoms with Crippen LogP contribution in [-0.4, -0.2) is 46.8 Å². The molecule has 3 aromatic rings. The summed E-state index contributed by atoms with van der Waals surface area (Å²) >= 11 is 1.53. The zero-order valence-electron chi connectivity index (χ0n) is 17.6. The molecular formula is C23H25N3O4S. The molecule has 31 heavy (non-hydrogen) atoms. The number of benzene rings is 1. The number of hydrogen-bond acceptors (Lipinski definition) is 7. The fraction of sp³-hybridized carbons (Fsp3) is 0.348. The zero-order chi connectivity index (χ0) is 21.8. The van der Waals surface area contributed by atoms with Crippen LogP contribution in [0.15, 0.2) is 41.8 Å². The largest absolute Gasteiger partial charge is 0.490 e. The van der Waals surface area contributed by atoms with Gasteiger partial charge in [-0.3, -0.25) is 0 Å². The summed E-state index contributed by atoms with van der Waals surface area (Å²) in [6, 6.07) is 11.0. The molecule has 0 spiro atoms. The molecule has 1 aromatic carbocycles. The van der Waals surface area contributed by atoms with Crippen molar-refractivity contribution in [1.82, 2.24) is 9.97 Å². The Kier molecular flexibility index (Phi) is 6.36. The summed E-state index contributed by atoms with van der Waals surface area (Å²) in [5, 5.41) is 12.3. The van der Waals surface area contributed by atoms with Crippen LogP contribution < -0.4 is 14.4 Å². The average Bonchev–Trinajstić information content (AvgIpc) is 3.46. The second-order valence-corrected chi connectivity index (χ2v) is 7.99. The highest BCUT2D eigenvalue weighted by molar-refractivity contribution is 7.13. The lowest BCUT2D eigenvalue weighted by Gasteiger charge is -2.22. The van der Waals surface area contributed by atoms with Gasteiger partial charge in [0.05, 0.1) is 18.9 Å². The van der Waals surface area contributed by atoms with Crippen LogP contribution in [-0.2, 0) is 4.79 Å². The molecule has 1 saturated heterocycles. The van der Waals surface area contributed by atoms with Crippen molar-refractivity contribution in [2.75, 3.05) is 24.7 Å². The van der Waals surface area contributed by atoms with Gasteiger partial charge in [0.25, 0.3) is 0 Å². The minimum atomic E-state index is -0.804. The highest BCUT2D eigenvalue weighted by Gasteiger charge is 2.31. The van der Waals surface area contributed by atoms with Gasteiger partial charge in [-0.2, -0.15) is 0 Å². The zero-order valence-corrected chi connectivity index (χ0v) is 18.4. The van der Waals surface area contributed by atoms with E-state index in [-0.39, 0.29) is 0 Å². The third-order valence-electron chi connectivity index (χ3n) is 5.12. The monoisotopic (exact) mass is 439 g/mol. The summed E-state index contributed by atoms with van der Waals surface area (Å²) < 4.78 is 11.4. The molecule has 8 heteroatoms. The first-order valence-corrected chi connectivity index (χ1v) is 11.3. The van der Waals surface area contributed by atoms with E-state index in [1.54, 1.807) is 0 Å². The molecule has 4 rings (SSSR count). The normalized spacial score (nSPS) is 15.8. The van der Waals surface area contributed by atoms with Crippen molar-refractivity contribution in [3.05, 3.63) is 41.8 Å². The van der Waals surface area contributed by atoms with E-state index in [1.165, 1.54) is 11.3 Å². The van der Waals surface area contributed by atoms with E-state index in [0.717, 1.165) is 34.1 Å². The standard InChI is InChI=1S/C23H25N3O4S/c1-3-29-19-11-10-15(13-20(19)30-4-2)22-25-17(14-31-22)16-7-5-9-21(24-16)26-12-6-8-18(26)23(27)28/h5,7,9-11,13-14,18H,3-4,6,8,12H2,1-2H3,(H,27,28). The van der Waals surface area contributed by atoms with Crippen molar-refractivity contribution in [2.24, 2.45) is 0 Å². The van der Waals surface area contributed by atoms with Gasteiger partial charge in [-0.05, 0) is 57.0 Å². The highest BCUT2D eigenvalue weighted by Crippen LogP contribution is 2.35. The van der Waals surface area contributed by atoms with Crippen LogP contribution in [0.25, 0.3) is 22.0 Å². The maximum atomic E-state index is 11.5. The second-order valence-electron chi connectivity index (χ2n) is 7.14. The Balaban J connectivity index is 1.61. The third kappa shape index (κ3) is 4.49. The Bertz CT molecular complexity index is 1070. The number of hydrogen-bond donors (Lipinski definition) is 1. The number of carbonyl (C=O) groups is 1. The first-order valence-electron chi connectivity index (χ1n) is 10.4. The molecule has 1 aliphatic heterocycles. The Morgan fingerprint density at radius 3 is 2.71 bits per heavy atom. The van der Waals surface area contributed by atoms with Crippen molar-refractivity contribution < 1.29 is 19.4 Å². The lowest BCUT2D eigenvalue weighted by atomic mass is 10.2. The maximum Gasteiger partial charge on any atom is 0.326 e. The summed E-state index contributed by atoms with van der Waals surface area (Å²) in [5.41, 5.74) is 2.44. The summed E-state index contributed by atoms with van der Waals surface area (Å²) in [5.74, 6) is 1.29. The molecule has 0 amide bonds. The van der Waals surface area contributed by atoms with Crippen molar-refractivity contribution in [1.29, 1.82) is 0 Å². The van der Waals surface area contributed by atoms with Crippen LogP contribution >= 0.6 is 11.3 Å². The topological polar surface area (TPSA) is 84.8 Å². The lowest BCUT2D eigenvalue weighted by Crippen LogP contribution is -2.36. The number of thiazole rings is 1. The Labute approximate surface area is 185 Å². The fourth-order valence-electron chi connectivity index (χ4n) is 3.73. The summed E-state index contributed by atoms with van der Waals surface area (Å²) in [6.07, 6.45) is 1.49. The molecule has 0 aliphatic carbocycles. The van der Waals surface area contributed by atoms with Gasteiger partial charge in [0.15, 0.2) is 11.5 Å². The number of aromatic nitrogens is 2. The molecular weight excluding hydrogens is 414 g/mol. The van der Waals surface area contributed by atoms with Crippen molar-refractivity contribution in [3.63, 3.8) is 0 Å². The SMILES string of the molecule is CCOc1ccc(-c2nc(-c3cccc(N4CCCC4C(=O)O)n3)cs2)cc1OCC. The fourth-order valence-corrected chi connectivity index (χ4v) is 4.54. The van der Waals surface area contributed by atoms with Crippen LogP contribution in [0.5, 0.6) is 11.5 Å². The maximum absolute atomic E-state index is 11.5. The molecule has 1 atom stereocenters. The van der Waals surface area contributed by atoms with E-state index in [4.69, 9.17) is 19.4 Å². The summed E-state index contributed by atoms with van der Waals surface area (Å²) in [6.45, 7) is 5.71. The van der Waals surface area contributed by atoms with Crippen LogP contribution in [0.2, 0.25) is 0 Å². The molecule has 1 aliphatic rings. The molecule has 3 heterocycles. The molecule has 0 bridgehead atoms. The van der Waals surface area contributed by atoms with E-state index in [2.05, 4.69) is 0 Å². The molecule has 1 N–H and O–H groups in total. The van der Waals surface area contributed by atoms with Gasteiger partial charge in [0.2, 0.25) is 0 Å². The first kappa shape index (κ1) is 21.1. The Morgan fingerprint density at radius 1 is 1.13 bits per heavy atom.